The molecule has 1 fully saturated rings. The van der Waals surface area contributed by atoms with Gasteiger partial charge in [-0.2, -0.15) is 0 Å². The Morgan fingerprint density at radius 1 is 1.33 bits per heavy atom. The lowest BCUT2D eigenvalue weighted by molar-refractivity contribution is -0.178. The van der Waals surface area contributed by atoms with Crippen LogP contribution in [0.25, 0.3) is 0 Å². The van der Waals surface area contributed by atoms with E-state index >= 15 is 0 Å². The summed E-state index contributed by atoms with van der Waals surface area (Å²) in [4.78, 5) is 22.3. The van der Waals surface area contributed by atoms with E-state index in [-0.39, 0.29) is 0 Å². The van der Waals surface area contributed by atoms with Crippen molar-refractivity contribution in [2.75, 3.05) is 6.61 Å². The van der Waals surface area contributed by atoms with Gasteiger partial charge in [-0.05, 0) is 6.42 Å². The number of aliphatic hydroxyl groups is 5. The second-order valence-electron chi connectivity index (χ2n) is 5.44. The summed E-state index contributed by atoms with van der Waals surface area (Å²) in [5.74, 6) is -3.23. The molecule has 1 amide bonds. The van der Waals surface area contributed by atoms with Gasteiger partial charge >= 0.3 is 5.97 Å². The fraction of sp³-hybridized carbons (Fsp3) is 0.833. The Kier molecular flexibility index (Phi) is 5.65. The van der Waals surface area contributed by atoms with Crippen LogP contribution in [-0.4, -0.2) is 79.1 Å². The van der Waals surface area contributed by atoms with Crippen LogP contribution in [0.5, 0.6) is 0 Å². The van der Waals surface area contributed by atoms with Crippen LogP contribution in [0.1, 0.15) is 19.8 Å². The molecule has 1 rings (SSSR count). The molecule has 6 atom stereocenters. The molecule has 1 saturated carbocycles. The van der Waals surface area contributed by atoms with Gasteiger partial charge in [0.05, 0.1) is 24.9 Å². The maximum absolute atomic E-state index is 11.2. The molecule has 0 aromatic heterocycles. The number of hydrogen-bond acceptors (Lipinski definition) is 7. The number of carbonyl (C=O) groups excluding carboxylic acids is 1. The van der Waals surface area contributed by atoms with Crippen LogP contribution in [0.2, 0.25) is 0 Å². The number of hydrogen-bond donors (Lipinski definition) is 7. The Bertz CT molecular complexity index is 403. The fourth-order valence-corrected chi connectivity index (χ4v) is 2.70. The summed E-state index contributed by atoms with van der Waals surface area (Å²) < 4.78 is 0. The first-order chi connectivity index (χ1) is 9.62. The SMILES string of the molecule is CC(=O)NC1C(O)CC(O)(C(=O)O)CC1C(O)C(O)CO. The van der Waals surface area contributed by atoms with E-state index in [1.54, 1.807) is 0 Å². The molecule has 9 heteroatoms. The zero-order valence-corrected chi connectivity index (χ0v) is 11.5. The van der Waals surface area contributed by atoms with Crippen molar-refractivity contribution in [1.82, 2.24) is 5.32 Å². The summed E-state index contributed by atoms with van der Waals surface area (Å²) in [6.07, 6.45) is -5.63. The molecule has 0 radical (unpaired) electrons. The molecule has 0 heterocycles. The lowest BCUT2D eigenvalue weighted by Gasteiger charge is -2.44. The predicted molar refractivity (Wildman–Crippen MR) is 68.0 cm³/mol. The largest absolute Gasteiger partial charge is 0.479 e. The Labute approximate surface area is 120 Å². The van der Waals surface area contributed by atoms with Crippen molar-refractivity contribution < 1.29 is 40.2 Å². The van der Waals surface area contributed by atoms with Gasteiger partial charge in [-0.15, -0.1) is 0 Å². The molecule has 122 valence electrons. The monoisotopic (exact) mass is 307 g/mol. The van der Waals surface area contributed by atoms with E-state index in [9.17, 15) is 30.0 Å². The van der Waals surface area contributed by atoms with Crippen molar-refractivity contribution in [3.63, 3.8) is 0 Å². The van der Waals surface area contributed by atoms with Crippen LogP contribution >= 0.6 is 0 Å². The third kappa shape index (κ3) is 3.89. The minimum Gasteiger partial charge on any atom is -0.479 e. The highest BCUT2D eigenvalue weighted by Gasteiger charge is 2.52. The molecule has 0 spiro atoms. The zero-order chi connectivity index (χ0) is 16.4. The van der Waals surface area contributed by atoms with Crippen molar-refractivity contribution in [1.29, 1.82) is 0 Å². The summed E-state index contributed by atoms with van der Waals surface area (Å²) in [5, 5.41) is 59.8. The summed E-state index contributed by atoms with van der Waals surface area (Å²) in [6, 6.07) is -1.04. The van der Waals surface area contributed by atoms with E-state index in [0.717, 1.165) is 0 Å². The van der Waals surface area contributed by atoms with Crippen molar-refractivity contribution in [3.05, 3.63) is 0 Å². The van der Waals surface area contributed by atoms with Crippen LogP contribution in [0.15, 0.2) is 0 Å². The molecule has 0 bridgehead atoms. The Hall–Kier alpha value is -1.26. The topological polar surface area (TPSA) is 168 Å². The van der Waals surface area contributed by atoms with Crippen LogP contribution in [0.4, 0.5) is 0 Å². The van der Waals surface area contributed by atoms with E-state index in [2.05, 4.69) is 5.32 Å². The molecule has 0 aliphatic heterocycles. The van der Waals surface area contributed by atoms with Crippen LogP contribution < -0.4 is 5.32 Å². The molecule has 21 heavy (non-hydrogen) atoms. The third-order valence-corrected chi connectivity index (χ3v) is 3.78. The van der Waals surface area contributed by atoms with Crippen LogP contribution in [0.3, 0.4) is 0 Å². The maximum Gasteiger partial charge on any atom is 0.335 e. The van der Waals surface area contributed by atoms with Gasteiger partial charge < -0.3 is 36.0 Å². The quantitative estimate of drug-likeness (QED) is 0.278. The van der Waals surface area contributed by atoms with Gasteiger partial charge in [0.25, 0.3) is 0 Å². The smallest absolute Gasteiger partial charge is 0.335 e. The number of carboxylic acid groups (broad SMARTS) is 1. The van der Waals surface area contributed by atoms with E-state index < -0.39 is 67.2 Å². The average molecular weight is 307 g/mol. The molecule has 0 saturated heterocycles. The number of carboxylic acids is 1. The number of aliphatic carboxylic acids is 1. The summed E-state index contributed by atoms with van der Waals surface area (Å²) in [7, 11) is 0. The molecular weight excluding hydrogens is 286 g/mol. The first-order valence-electron chi connectivity index (χ1n) is 6.50. The number of amides is 1. The van der Waals surface area contributed by atoms with Gasteiger partial charge in [-0.1, -0.05) is 0 Å². The van der Waals surface area contributed by atoms with Gasteiger partial charge in [-0.3, -0.25) is 4.79 Å². The predicted octanol–water partition coefficient (Wildman–Crippen LogP) is -3.21. The second kappa shape index (κ2) is 6.67. The zero-order valence-electron chi connectivity index (χ0n) is 11.5. The van der Waals surface area contributed by atoms with Gasteiger partial charge in [0.2, 0.25) is 5.91 Å². The van der Waals surface area contributed by atoms with E-state index in [4.69, 9.17) is 10.2 Å². The van der Waals surface area contributed by atoms with Crippen molar-refractivity contribution in [3.8, 4) is 0 Å². The van der Waals surface area contributed by atoms with Gasteiger partial charge in [-0.25, -0.2) is 4.79 Å². The normalized spacial score (nSPS) is 35.8. The molecule has 0 aromatic carbocycles. The molecule has 9 nitrogen and oxygen atoms in total. The molecule has 1 aliphatic carbocycles. The third-order valence-electron chi connectivity index (χ3n) is 3.78. The molecule has 6 unspecified atom stereocenters. The number of nitrogens with one attached hydrogen (secondary N) is 1. The minimum atomic E-state index is -2.28. The summed E-state index contributed by atoms with van der Waals surface area (Å²) in [6.45, 7) is 0.392. The summed E-state index contributed by atoms with van der Waals surface area (Å²) >= 11 is 0. The van der Waals surface area contributed by atoms with Crippen molar-refractivity contribution in [2.45, 2.75) is 49.7 Å². The number of rotatable bonds is 5. The van der Waals surface area contributed by atoms with Gasteiger partial charge in [0, 0.05) is 19.3 Å². The van der Waals surface area contributed by atoms with E-state index in [0.29, 0.717) is 0 Å². The lowest BCUT2D eigenvalue weighted by atomic mass is 9.70. The number of aliphatic hydroxyl groups excluding tert-OH is 4. The Morgan fingerprint density at radius 3 is 2.33 bits per heavy atom. The van der Waals surface area contributed by atoms with Crippen LogP contribution in [0, 0.1) is 5.92 Å². The molecular formula is C12H21NO8. The van der Waals surface area contributed by atoms with Crippen molar-refractivity contribution >= 4 is 11.9 Å². The highest BCUT2D eigenvalue weighted by Crippen LogP contribution is 2.36. The molecule has 1 aliphatic rings. The first kappa shape index (κ1) is 17.8. The second-order valence-corrected chi connectivity index (χ2v) is 5.44. The molecule has 7 N–H and O–H groups in total. The minimum absolute atomic E-state index is 0.484. The van der Waals surface area contributed by atoms with Crippen molar-refractivity contribution in [2.24, 2.45) is 5.92 Å². The summed E-state index contributed by atoms with van der Waals surface area (Å²) in [5.41, 5.74) is -2.28. The fourth-order valence-electron chi connectivity index (χ4n) is 2.70. The van der Waals surface area contributed by atoms with Crippen LogP contribution in [-0.2, 0) is 9.59 Å². The van der Waals surface area contributed by atoms with E-state index in [1.165, 1.54) is 6.92 Å². The average Bonchev–Trinajstić information content (AvgIpc) is 2.39. The Balaban J connectivity index is 3.07. The highest BCUT2D eigenvalue weighted by molar-refractivity contribution is 5.78. The highest BCUT2D eigenvalue weighted by atomic mass is 16.4. The standard InChI is InChI=1S/C12H21NO8/c1-5(15)13-9-6(10(18)8(17)4-14)2-12(21,11(19)20)3-7(9)16/h6-10,14,16-18,21H,2-4H2,1H3,(H,13,15)(H,19,20). The maximum atomic E-state index is 11.2. The lowest BCUT2D eigenvalue weighted by Crippen LogP contribution is -2.62. The molecule has 0 aromatic rings. The van der Waals surface area contributed by atoms with Gasteiger partial charge in [0.1, 0.15) is 6.10 Å². The number of carbonyl (C=O) groups is 2. The first-order valence-corrected chi connectivity index (χ1v) is 6.50. The van der Waals surface area contributed by atoms with Gasteiger partial charge in [0.15, 0.2) is 5.60 Å². The van der Waals surface area contributed by atoms with E-state index in [1.807, 2.05) is 0 Å². The Morgan fingerprint density at radius 2 is 1.90 bits per heavy atom.